The SMILES string of the molecule is Cn1c(CC(C)(C)O)cc2ccc(Br)cc21. The van der Waals surface area contributed by atoms with E-state index in [9.17, 15) is 5.11 Å². The lowest BCUT2D eigenvalue weighted by molar-refractivity contribution is 0.0793. The average Bonchev–Trinajstić information content (AvgIpc) is 2.42. The number of halogens is 1. The van der Waals surface area contributed by atoms with Crippen LogP contribution in [0.3, 0.4) is 0 Å². The number of hydrogen-bond acceptors (Lipinski definition) is 1. The van der Waals surface area contributed by atoms with E-state index in [0.717, 1.165) is 10.2 Å². The zero-order valence-electron chi connectivity index (χ0n) is 9.79. The van der Waals surface area contributed by atoms with E-state index in [1.807, 2.05) is 27.0 Å². The summed E-state index contributed by atoms with van der Waals surface area (Å²) in [6.45, 7) is 3.67. The maximum absolute atomic E-state index is 9.85. The molecule has 0 aliphatic rings. The van der Waals surface area contributed by atoms with Gasteiger partial charge in [0, 0.05) is 29.2 Å². The van der Waals surface area contributed by atoms with Crippen LogP contribution in [0, 0.1) is 0 Å². The van der Waals surface area contributed by atoms with E-state index >= 15 is 0 Å². The first kappa shape index (κ1) is 11.7. The average molecular weight is 282 g/mol. The summed E-state index contributed by atoms with van der Waals surface area (Å²) in [7, 11) is 2.04. The van der Waals surface area contributed by atoms with Crippen LogP contribution in [0.15, 0.2) is 28.7 Å². The molecule has 0 radical (unpaired) electrons. The normalized spacial score (nSPS) is 12.3. The van der Waals surface area contributed by atoms with E-state index in [1.54, 1.807) is 0 Å². The monoisotopic (exact) mass is 281 g/mol. The largest absolute Gasteiger partial charge is 0.390 e. The molecule has 0 saturated heterocycles. The Morgan fingerprint density at radius 1 is 1.31 bits per heavy atom. The van der Waals surface area contributed by atoms with Crippen molar-refractivity contribution in [2.24, 2.45) is 7.05 Å². The molecule has 3 heteroatoms. The maximum atomic E-state index is 9.85. The Hall–Kier alpha value is -0.800. The topological polar surface area (TPSA) is 25.2 Å². The molecule has 2 aromatic rings. The van der Waals surface area contributed by atoms with E-state index < -0.39 is 5.60 Å². The van der Waals surface area contributed by atoms with Crippen LogP contribution in [-0.4, -0.2) is 15.3 Å². The van der Waals surface area contributed by atoms with E-state index in [4.69, 9.17) is 0 Å². The first-order valence-corrected chi connectivity index (χ1v) is 6.12. The fourth-order valence-electron chi connectivity index (χ4n) is 1.97. The highest BCUT2D eigenvalue weighted by molar-refractivity contribution is 9.10. The highest BCUT2D eigenvalue weighted by Gasteiger charge is 2.16. The molecular weight excluding hydrogens is 266 g/mol. The summed E-state index contributed by atoms with van der Waals surface area (Å²) in [4.78, 5) is 0. The van der Waals surface area contributed by atoms with Crippen LogP contribution in [0.25, 0.3) is 10.9 Å². The minimum Gasteiger partial charge on any atom is -0.390 e. The molecule has 0 spiro atoms. The van der Waals surface area contributed by atoms with Crippen LogP contribution in [0.5, 0.6) is 0 Å². The number of aryl methyl sites for hydroxylation is 1. The summed E-state index contributed by atoms with van der Waals surface area (Å²) in [5.41, 5.74) is 1.67. The van der Waals surface area contributed by atoms with Gasteiger partial charge in [0.2, 0.25) is 0 Å². The van der Waals surface area contributed by atoms with Crippen LogP contribution >= 0.6 is 15.9 Å². The zero-order chi connectivity index (χ0) is 11.9. The Bertz CT molecular complexity index is 522. The summed E-state index contributed by atoms with van der Waals surface area (Å²) in [5, 5.41) is 11.1. The first-order chi connectivity index (χ1) is 7.37. The van der Waals surface area contributed by atoms with Crippen molar-refractivity contribution in [1.82, 2.24) is 4.57 Å². The van der Waals surface area contributed by atoms with Gasteiger partial charge in [0.25, 0.3) is 0 Å². The Balaban J connectivity index is 2.52. The number of fused-ring (bicyclic) bond motifs is 1. The summed E-state index contributed by atoms with van der Waals surface area (Å²) in [6.07, 6.45) is 0.662. The molecule has 1 N–H and O–H groups in total. The van der Waals surface area contributed by atoms with Crippen LogP contribution < -0.4 is 0 Å². The molecule has 0 atom stereocenters. The van der Waals surface area contributed by atoms with Crippen molar-refractivity contribution in [2.75, 3.05) is 0 Å². The number of benzene rings is 1. The maximum Gasteiger partial charge on any atom is 0.0646 e. The lowest BCUT2D eigenvalue weighted by atomic mass is 10.0. The molecule has 0 saturated carbocycles. The number of nitrogens with zero attached hydrogens (tertiary/aromatic N) is 1. The van der Waals surface area contributed by atoms with Gasteiger partial charge in [-0.15, -0.1) is 0 Å². The molecule has 16 heavy (non-hydrogen) atoms. The molecule has 0 aliphatic carbocycles. The molecule has 0 amide bonds. The Kier molecular flexibility index (Phi) is 2.84. The summed E-state index contributed by atoms with van der Waals surface area (Å²) in [5.74, 6) is 0. The minimum atomic E-state index is -0.667. The fourth-order valence-corrected chi connectivity index (χ4v) is 2.32. The third-order valence-corrected chi connectivity index (χ3v) is 3.21. The van der Waals surface area contributed by atoms with Gasteiger partial charge in [0.05, 0.1) is 5.60 Å². The molecule has 0 unspecified atom stereocenters. The van der Waals surface area contributed by atoms with Crippen molar-refractivity contribution in [1.29, 1.82) is 0 Å². The van der Waals surface area contributed by atoms with Gasteiger partial charge in [-0.3, -0.25) is 0 Å². The Morgan fingerprint density at radius 2 is 2.00 bits per heavy atom. The van der Waals surface area contributed by atoms with Gasteiger partial charge >= 0.3 is 0 Å². The standard InChI is InChI=1S/C13H16BrNO/c1-13(2,16)8-11-6-9-4-5-10(14)7-12(9)15(11)3/h4-7,16H,8H2,1-3H3. The molecule has 1 heterocycles. The predicted molar refractivity (Wildman–Crippen MR) is 70.6 cm³/mol. The highest BCUT2D eigenvalue weighted by atomic mass is 79.9. The second-order valence-corrected chi connectivity index (χ2v) is 5.80. The molecule has 0 aliphatic heterocycles. The second-order valence-electron chi connectivity index (χ2n) is 4.89. The van der Waals surface area contributed by atoms with Gasteiger partial charge in [-0.25, -0.2) is 0 Å². The third-order valence-electron chi connectivity index (χ3n) is 2.72. The second kappa shape index (κ2) is 3.90. The van der Waals surface area contributed by atoms with Crippen LogP contribution in [0.4, 0.5) is 0 Å². The third kappa shape index (κ3) is 2.30. The predicted octanol–water partition coefficient (Wildman–Crippen LogP) is 3.25. The molecule has 0 bridgehead atoms. The van der Waals surface area contributed by atoms with E-state index in [-0.39, 0.29) is 0 Å². The molecule has 1 aromatic carbocycles. The smallest absolute Gasteiger partial charge is 0.0646 e. The van der Waals surface area contributed by atoms with E-state index in [2.05, 4.69) is 38.7 Å². The summed E-state index contributed by atoms with van der Waals surface area (Å²) in [6, 6.07) is 8.37. The van der Waals surface area contributed by atoms with E-state index in [0.29, 0.717) is 6.42 Å². The van der Waals surface area contributed by atoms with Gasteiger partial charge in [-0.05, 0) is 37.4 Å². The fraction of sp³-hybridized carbons (Fsp3) is 0.385. The van der Waals surface area contributed by atoms with Gasteiger partial charge in [0.1, 0.15) is 0 Å². The lowest BCUT2D eigenvalue weighted by Gasteiger charge is -2.17. The minimum absolute atomic E-state index is 0.662. The van der Waals surface area contributed by atoms with Crippen LogP contribution in [0.2, 0.25) is 0 Å². The van der Waals surface area contributed by atoms with Gasteiger partial charge in [0.15, 0.2) is 0 Å². The van der Waals surface area contributed by atoms with Crippen molar-refractivity contribution < 1.29 is 5.11 Å². The lowest BCUT2D eigenvalue weighted by Crippen LogP contribution is -2.23. The van der Waals surface area contributed by atoms with Crippen molar-refractivity contribution in [2.45, 2.75) is 25.9 Å². The van der Waals surface area contributed by atoms with Crippen molar-refractivity contribution in [3.05, 3.63) is 34.4 Å². The Labute approximate surface area is 104 Å². The van der Waals surface area contributed by atoms with Gasteiger partial charge in [-0.1, -0.05) is 22.0 Å². The Morgan fingerprint density at radius 3 is 2.62 bits per heavy atom. The van der Waals surface area contributed by atoms with E-state index in [1.165, 1.54) is 10.9 Å². The van der Waals surface area contributed by atoms with Crippen LogP contribution in [-0.2, 0) is 13.5 Å². The highest BCUT2D eigenvalue weighted by Crippen LogP contribution is 2.24. The molecule has 86 valence electrons. The summed E-state index contributed by atoms with van der Waals surface area (Å²) >= 11 is 3.47. The molecule has 0 fully saturated rings. The molecular formula is C13H16BrNO. The number of rotatable bonds is 2. The first-order valence-electron chi connectivity index (χ1n) is 5.33. The van der Waals surface area contributed by atoms with Crippen molar-refractivity contribution in [3.63, 3.8) is 0 Å². The molecule has 1 aromatic heterocycles. The van der Waals surface area contributed by atoms with Crippen molar-refractivity contribution in [3.8, 4) is 0 Å². The quantitative estimate of drug-likeness (QED) is 0.898. The van der Waals surface area contributed by atoms with Crippen molar-refractivity contribution >= 4 is 26.8 Å². The summed E-state index contributed by atoms with van der Waals surface area (Å²) < 4.78 is 3.22. The van der Waals surface area contributed by atoms with Gasteiger partial charge in [-0.2, -0.15) is 0 Å². The number of aromatic nitrogens is 1. The van der Waals surface area contributed by atoms with Crippen LogP contribution in [0.1, 0.15) is 19.5 Å². The molecule has 2 rings (SSSR count). The molecule has 2 nitrogen and oxygen atoms in total. The zero-order valence-corrected chi connectivity index (χ0v) is 11.4. The number of hydrogen-bond donors (Lipinski definition) is 1. The number of aliphatic hydroxyl groups is 1. The van der Waals surface area contributed by atoms with Gasteiger partial charge < -0.3 is 9.67 Å².